The van der Waals surface area contributed by atoms with Crippen molar-refractivity contribution in [2.45, 2.75) is 25.1 Å². The Morgan fingerprint density at radius 1 is 1.35 bits per heavy atom. The van der Waals surface area contributed by atoms with E-state index in [2.05, 4.69) is 4.74 Å². The molecule has 1 heterocycles. The van der Waals surface area contributed by atoms with Crippen molar-refractivity contribution in [2.75, 3.05) is 13.7 Å². The van der Waals surface area contributed by atoms with E-state index in [1.54, 1.807) is 0 Å². The maximum absolute atomic E-state index is 12.0. The van der Waals surface area contributed by atoms with Crippen LogP contribution in [0.5, 0.6) is 0 Å². The Balaban J connectivity index is 1.95. The second-order valence-corrected chi connectivity index (χ2v) is 4.73. The van der Waals surface area contributed by atoms with Gasteiger partial charge in [-0.15, -0.1) is 0 Å². The number of nitrogens with zero attached hydrogens (tertiary/aromatic N) is 1. The molecule has 1 aliphatic heterocycles. The second kappa shape index (κ2) is 6.38. The topological polar surface area (TPSA) is 81.9 Å². The molecule has 1 saturated heterocycles. The lowest BCUT2D eigenvalue weighted by Gasteiger charge is -2.21. The zero-order valence-corrected chi connectivity index (χ0v) is 11.3. The zero-order chi connectivity index (χ0) is 14.5. The molecule has 0 bridgehead atoms. The monoisotopic (exact) mass is 278 g/mol. The van der Waals surface area contributed by atoms with Crippen LogP contribution in [0.2, 0.25) is 0 Å². The van der Waals surface area contributed by atoms with Crippen molar-refractivity contribution in [1.82, 2.24) is 4.90 Å². The van der Waals surface area contributed by atoms with Gasteiger partial charge in [-0.3, -0.25) is 4.90 Å². The fraction of sp³-hybridized carbons (Fsp3) is 0.429. The molecule has 20 heavy (non-hydrogen) atoms. The van der Waals surface area contributed by atoms with Crippen LogP contribution in [-0.4, -0.2) is 42.7 Å². The first-order valence-corrected chi connectivity index (χ1v) is 6.42. The van der Waals surface area contributed by atoms with Gasteiger partial charge in [-0.1, -0.05) is 30.3 Å². The number of hydrogen-bond acceptors (Lipinski definition) is 5. The lowest BCUT2D eigenvalue weighted by atomic mass is 10.2. The van der Waals surface area contributed by atoms with Gasteiger partial charge in [0.2, 0.25) is 0 Å². The summed E-state index contributed by atoms with van der Waals surface area (Å²) in [7, 11) is 1.29. The highest BCUT2D eigenvalue weighted by atomic mass is 16.6. The van der Waals surface area contributed by atoms with E-state index < -0.39 is 18.1 Å². The van der Waals surface area contributed by atoms with E-state index in [1.807, 2.05) is 30.3 Å². The molecular weight excluding hydrogens is 260 g/mol. The number of methoxy groups -OCH3 is 1. The van der Waals surface area contributed by atoms with Crippen LogP contribution in [0.4, 0.5) is 4.79 Å². The first-order chi connectivity index (χ1) is 9.61. The summed E-state index contributed by atoms with van der Waals surface area (Å²) in [6, 6.07) is 8.46. The lowest BCUT2D eigenvalue weighted by molar-refractivity contribution is -0.145. The molecule has 0 spiro atoms. The van der Waals surface area contributed by atoms with Crippen molar-refractivity contribution >= 4 is 12.1 Å². The molecule has 0 radical (unpaired) electrons. The van der Waals surface area contributed by atoms with Crippen LogP contribution in [0.15, 0.2) is 30.3 Å². The third kappa shape index (κ3) is 3.27. The second-order valence-electron chi connectivity index (χ2n) is 4.73. The molecule has 1 aliphatic rings. The molecule has 1 aromatic rings. The van der Waals surface area contributed by atoms with Crippen LogP contribution in [0.25, 0.3) is 0 Å². The average Bonchev–Trinajstić information content (AvgIpc) is 2.87. The molecule has 108 valence electrons. The summed E-state index contributed by atoms with van der Waals surface area (Å²) >= 11 is 0. The summed E-state index contributed by atoms with van der Waals surface area (Å²) in [5.41, 5.74) is 6.68. The SMILES string of the molecule is COC(=O)C1CC(N)CN1C(=O)OCc1ccccc1. The summed E-state index contributed by atoms with van der Waals surface area (Å²) in [6.07, 6.45) is -0.148. The molecule has 1 fully saturated rings. The maximum Gasteiger partial charge on any atom is 0.410 e. The molecule has 2 N–H and O–H groups in total. The summed E-state index contributed by atoms with van der Waals surface area (Å²) in [4.78, 5) is 25.0. The van der Waals surface area contributed by atoms with Crippen LogP contribution >= 0.6 is 0 Å². The van der Waals surface area contributed by atoms with Gasteiger partial charge in [0, 0.05) is 12.6 Å². The van der Waals surface area contributed by atoms with E-state index in [0.717, 1.165) is 5.56 Å². The normalized spacial score (nSPS) is 21.6. The average molecular weight is 278 g/mol. The highest BCUT2D eigenvalue weighted by Gasteiger charge is 2.39. The van der Waals surface area contributed by atoms with Crippen molar-refractivity contribution in [3.05, 3.63) is 35.9 Å². The first kappa shape index (κ1) is 14.3. The predicted molar refractivity (Wildman–Crippen MR) is 71.7 cm³/mol. The number of rotatable bonds is 3. The van der Waals surface area contributed by atoms with Crippen LogP contribution in [0.3, 0.4) is 0 Å². The van der Waals surface area contributed by atoms with Gasteiger partial charge in [-0.25, -0.2) is 9.59 Å². The Bertz CT molecular complexity index is 477. The third-order valence-corrected chi connectivity index (χ3v) is 3.25. The quantitative estimate of drug-likeness (QED) is 0.831. The molecule has 0 aliphatic carbocycles. The molecule has 1 aromatic carbocycles. The molecule has 0 aromatic heterocycles. The lowest BCUT2D eigenvalue weighted by Crippen LogP contribution is -2.41. The van der Waals surface area contributed by atoms with Gasteiger partial charge in [-0.05, 0) is 12.0 Å². The van der Waals surface area contributed by atoms with E-state index in [0.29, 0.717) is 13.0 Å². The van der Waals surface area contributed by atoms with Gasteiger partial charge in [0.1, 0.15) is 12.6 Å². The highest BCUT2D eigenvalue weighted by molar-refractivity contribution is 5.82. The van der Waals surface area contributed by atoms with E-state index in [4.69, 9.17) is 10.5 Å². The van der Waals surface area contributed by atoms with Crippen LogP contribution in [0, 0.1) is 0 Å². The number of likely N-dealkylation sites (tertiary alicyclic amines) is 1. The summed E-state index contributed by atoms with van der Waals surface area (Å²) in [6.45, 7) is 0.465. The van der Waals surface area contributed by atoms with E-state index in [1.165, 1.54) is 12.0 Å². The molecule has 6 nitrogen and oxygen atoms in total. The third-order valence-electron chi connectivity index (χ3n) is 3.25. The van der Waals surface area contributed by atoms with E-state index >= 15 is 0 Å². The largest absolute Gasteiger partial charge is 0.467 e. The number of benzene rings is 1. The molecular formula is C14H18N2O4. The Labute approximate surface area is 117 Å². The summed E-state index contributed by atoms with van der Waals surface area (Å²) in [5, 5.41) is 0. The number of ether oxygens (including phenoxy) is 2. The van der Waals surface area contributed by atoms with E-state index in [-0.39, 0.29) is 12.6 Å². The fourth-order valence-electron chi connectivity index (χ4n) is 2.23. The zero-order valence-electron chi connectivity index (χ0n) is 11.3. The maximum atomic E-state index is 12.0. The number of hydrogen-bond donors (Lipinski definition) is 1. The van der Waals surface area contributed by atoms with Crippen LogP contribution in [-0.2, 0) is 20.9 Å². The van der Waals surface area contributed by atoms with Gasteiger partial charge in [0.15, 0.2) is 0 Å². The smallest absolute Gasteiger partial charge is 0.410 e. The standard InChI is InChI=1S/C14H18N2O4/c1-19-13(17)12-7-11(15)8-16(12)14(18)20-9-10-5-3-2-4-6-10/h2-6,11-12H,7-9,15H2,1H3. The minimum atomic E-state index is -0.654. The van der Waals surface area contributed by atoms with Gasteiger partial charge in [-0.2, -0.15) is 0 Å². The first-order valence-electron chi connectivity index (χ1n) is 6.42. The van der Waals surface area contributed by atoms with E-state index in [9.17, 15) is 9.59 Å². The van der Waals surface area contributed by atoms with Crippen molar-refractivity contribution in [3.63, 3.8) is 0 Å². The van der Waals surface area contributed by atoms with Crippen LogP contribution in [0.1, 0.15) is 12.0 Å². The Kier molecular flexibility index (Phi) is 4.57. The van der Waals surface area contributed by atoms with Crippen molar-refractivity contribution in [2.24, 2.45) is 5.73 Å². The molecule has 2 unspecified atom stereocenters. The number of carbonyl (C=O) groups is 2. The summed E-state index contributed by atoms with van der Waals surface area (Å²) < 4.78 is 9.89. The van der Waals surface area contributed by atoms with Gasteiger partial charge in [0.05, 0.1) is 7.11 Å². The molecule has 0 saturated carbocycles. The van der Waals surface area contributed by atoms with Crippen molar-refractivity contribution in [1.29, 1.82) is 0 Å². The predicted octanol–water partition coefficient (Wildman–Crippen LogP) is 0.898. The van der Waals surface area contributed by atoms with Crippen LogP contribution < -0.4 is 5.73 Å². The molecule has 6 heteroatoms. The number of esters is 1. The van der Waals surface area contributed by atoms with Gasteiger partial charge < -0.3 is 15.2 Å². The minimum absolute atomic E-state index is 0.166. The Morgan fingerprint density at radius 2 is 2.05 bits per heavy atom. The van der Waals surface area contributed by atoms with Crippen molar-refractivity contribution in [3.8, 4) is 0 Å². The molecule has 2 rings (SSSR count). The highest BCUT2D eigenvalue weighted by Crippen LogP contribution is 2.19. The number of amides is 1. The summed E-state index contributed by atoms with van der Waals surface area (Å²) in [5.74, 6) is -0.463. The number of nitrogens with two attached hydrogens (primary N) is 1. The van der Waals surface area contributed by atoms with Crippen molar-refractivity contribution < 1.29 is 19.1 Å². The molecule has 2 atom stereocenters. The fourth-order valence-corrected chi connectivity index (χ4v) is 2.23. The van der Waals surface area contributed by atoms with Gasteiger partial charge >= 0.3 is 12.1 Å². The Hall–Kier alpha value is -2.08. The van der Waals surface area contributed by atoms with Gasteiger partial charge in [0.25, 0.3) is 0 Å². The number of carbonyl (C=O) groups excluding carboxylic acids is 2. The minimum Gasteiger partial charge on any atom is -0.467 e. The Morgan fingerprint density at radius 3 is 2.70 bits per heavy atom. The molecule has 1 amide bonds.